The summed E-state index contributed by atoms with van der Waals surface area (Å²) in [5, 5.41) is 8.73. The summed E-state index contributed by atoms with van der Waals surface area (Å²) in [6, 6.07) is 5.93. The third-order valence-corrected chi connectivity index (χ3v) is 2.23. The number of hydrogen-bond acceptors (Lipinski definition) is 2. The highest BCUT2D eigenvalue weighted by Gasteiger charge is 2.22. The minimum absolute atomic E-state index is 0.269. The quantitative estimate of drug-likeness (QED) is 0.735. The first-order valence-corrected chi connectivity index (χ1v) is 4.62. The largest absolute Gasteiger partial charge is 0.492 e. The van der Waals surface area contributed by atoms with Crippen molar-refractivity contribution in [2.24, 2.45) is 5.92 Å². The van der Waals surface area contributed by atoms with Gasteiger partial charge in [0.05, 0.1) is 12.2 Å². The van der Waals surface area contributed by atoms with Crippen LogP contribution < -0.4 is 4.74 Å². The number of hydrogen-bond donors (Lipinski definition) is 0. The Morgan fingerprint density at radius 1 is 1.50 bits per heavy atom. The summed E-state index contributed by atoms with van der Waals surface area (Å²) in [5.74, 6) is 0.715. The first-order valence-electron chi connectivity index (χ1n) is 4.62. The van der Waals surface area contributed by atoms with Gasteiger partial charge in [-0.05, 0) is 37.0 Å². The molecule has 0 radical (unpaired) electrons. The van der Waals surface area contributed by atoms with E-state index in [1.54, 1.807) is 0 Å². The molecule has 3 heteroatoms. The van der Waals surface area contributed by atoms with E-state index in [0.717, 1.165) is 0 Å². The average Bonchev–Trinajstić information content (AvgIpc) is 2.99. The third-order valence-electron chi connectivity index (χ3n) is 2.23. The van der Waals surface area contributed by atoms with E-state index in [1.165, 1.54) is 31.0 Å². The number of ether oxygens (including phenoxy) is 1. The molecule has 0 aromatic heterocycles. The average molecular weight is 191 g/mol. The maximum Gasteiger partial charge on any atom is 0.137 e. The van der Waals surface area contributed by atoms with Crippen molar-refractivity contribution in [3.05, 3.63) is 29.6 Å². The maximum atomic E-state index is 12.7. The smallest absolute Gasteiger partial charge is 0.137 e. The van der Waals surface area contributed by atoms with Crippen LogP contribution in [0.15, 0.2) is 18.2 Å². The molecule has 1 aliphatic rings. The van der Waals surface area contributed by atoms with E-state index >= 15 is 0 Å². The monoisotopic (exact) mass is 191 g/mol. The van der Waals surface area contributed by atoms with Crippen molar-refractivity contribution >= 4 is 0 Å². The molecule has 1 aromatic carbocycles. The standard InChI is InChI=1S/C11H10FNO/c12-10-3-4-11(9(5-10)6-13)14-7-8-1-2-8/h3-5,8H,1-2,7H2. The molecule has 0 saturated heterocycles. The number of halogens is 1. The molecule has 72 valence electrons. The summed E-state index contributed by atoms with van der Waals surface area (Å²) in [7, 11) is 0. The molecule has 0 unspecified atom stereocenters. The fraction of sp³-hybridized carbons (Fsp3) is 0.364. The molecule has 1 fully saturated rings. The lowest BCUT2D eigenvalue weighted by Crippen LogP contribution is -2.00. The van der Waals surface area contributed by atoms with Crippen molar-refractivity contribution < 1.29 is 9.13 Å². The van der Waals surface area contributed by atoms with Crippen molar-refractivity contribution in [3.63, 3.8) is 0 Å². The minimum atomic E-state index is -0.402. The summed E-state index contributed by atoms with van der Waals surface area (Å²) >= 11 is 0. The molecule has 0 amide bonds. The van der Waals surface area contributed by atoms with Crippen LogP contribution in [-0.4, -0.2) is 6.61 Å². The fourth-order valence-corrected chi connectivity index (χ4v) is 1.21. The van der Waals surface area contributed by atoms with Crippen molar-refractivity contribution in [2.45, 2.75) is 12.8 Å². The van der Waals surface area contributed by atoms with Gasteiger partial charge >= 0.3 is 0 Å². The Bertz CT molecular complexity index is 379. The van der Waals surface area contributed by atoms with E-state index in [0.29, 0.717) is 18.3 Å². The van der Waals surface area contributed by atoms with Gasteiger partial charge in [-0.15, -0.1) is 0 Å². The highest BCUT2D eigenvalue weighted by Crippen LogP contribution is 2.30. The Kier molecular flexibility index (Phi) is 2.36. The Balaban J connectivity index is 2.10. The first kappa shape index (κ1) is 9.01. The van der Waals surface area contributed by atoms with Crippen LogP contribution in [0.2, 0.25) is 0 Å². The lowest BCUT2D eigenvalue weighted by atomic mass is 10.2. The highest BCUT2D eigenvalue weighted by molar-refractivity contribution is 5.43. The van der Waals surface area contributed by atoms with Crippen LogP contribution in [-0.2, 0) is 0 Å². The van der Waals surface area contributed by atoms with Crippen molar-refractivity contribution in [2.75, 3.05) is 6.61 Å². The SMILES string of the molecule is N#Cc1cc(F)ccc1OCC1CC1. The molecule has 0 bridgehead atoms. The van der Waals surface area contributed by atoms with Crippen LogP contribution in [0.25, 0.3) is 0 Å². The Hall–Kier alpha value is -1.56. The van der Waals surface area contributed by atoms with Crippen molar-refractivity contribution in [1.82, 2.24) is 0 Å². The van der Waals surface area contributed by atoms with E-state index in [-0.39, 0.29) is 5.56 Å². The van der Waals surface area contributed by atoms with Gasteiger partial charge in [-0.2, -0.15) is 5.26 Å². The second kappa shape index (κ2) is 3.67. The fourth-order valence-electron chi connectivity index (χ4n) is 1.21. The number of benzene rings is 1. The second-order valence-corrected chi connectivity index (χ2v) is 3.51. The van der Waals surface area contributed by atoms with Crippen LogP contribution in [0.1, 0.15) is 18.4 Å². The van der Waals surface area contributed by atoms with Crippen molar-refractivity contribution in [1.29, 1.82) is 5.26 Å². The first-order chi connectivity index (χ1) is 6.79. The molecular weight excluding hydrogens is 181 g/mol. The Labute approximate surface area is 81.9 Å². The van der Waals surface area contributed by atoms with Crippen LogP contribution in [0.4, 0.5) is 4.39 Å². The molecule has 0 aliphatic heterocycles. The van der Waals surface area contributed by atoms with Crippen molar-refractivity contribution in [3.8, 4) is 11.8 Å². The molecule has 2 rings (SSSR count). The van der Waals surface area contributed by atoms with Gasteiger partial charge in [-0.1, -0.05) is 0 Å². The lowest BCUT2D eigenvalue weighted by molar-refractivity contribution is 0.298. The van der Waals surface area contributed by atoms with Gasteiger partial charge in [0.25, 0.3) is 0 Å². The molecule has 0 N–H and O–H groups in total. The lowest BCUT2D eigenvalue weighted by Gasteiger charge is -2.06. The molecule has 0 atom stereocenters. The topological polar surface area (TPSA) is 33.0 Å². The predicted molar refractivity (Wildman–Crippen MR) is 49.3 cm³/mol. The second-order valence-electron chi connectivity index (χ2n) is 3.51. The van der Waals surface area contributed by atoms with Gasteiger partial charge in [-0.25, -0.2) is 4.39 Å². The Morgan fingerprint density at radius 3 is 2.93 bits per heavy atom. The summed E-state index contributed by atoms with van der Waals surface area (Å²) in [6.45, 7) is 0.639. The van der Waals surface area contributed by atoms with Gasteiger partial charge in [-0.3, -0.25) is 0 Å². The van der Waals surface area contributed by atoms with Crippen LogP contribution in [0, 0.1) is 23.1 Å². The van der Waals surface area contributed by atoms with E-state index < -0.39 is 5.82 Å². The third kappa shape index (κ3) is 2.02. The number of rotatable bonds is 3. The Morgan fingerprint density at radius 2 is 2.29 bits per heavy atom. The molecule has 14 heavy (non-hydrogen) atoms. The molecule has 1 aromatic rings. The zero-order chi connectivity index (χ0) is 9.97. The summed E-state index contributed by atoms with van der Waals surface area (Å²) in [5.41, 5.74) is 0.269. The van der Waals surface area contributed by atoms with Gasteiger partial charge in [0.2, 0.25) is 0 Å². The summed E-state index contributed by atoms with van der Waals surface area (Å²) in [4.78, 5) is 0. The normalized spacial score (nSPS) is 14.9. The van der Waals surface area contributed by atoms with E-state index in [1.807, 2.05) is 6.07 Å². The van der Waals surface area contributed by atoms with Gasteiger partial charge < -0.3 is 4.74 Å². The molecular formula is C11H10FNO. The van der Waals surface area contributed by atoms with Gasteiger partial charge in [0, 0.05) is 0 Å². The van der Waals surface area contributed by atoms with E-state index in [4.69, 9.17) is 10.00 Å². The zero-order valence-electron chi connectivity index (χ0n) is 7.66. The molecule has 1 saturated carbocycles. The van der Waals surface area contributed by atoms with E-state index in [2.05, 4.69) is 0 Å². The van der Waals surface area contributed by atoms with Crippen LogP contribution in [0.3, 0.4) is 0 Å². The van der Waals surface area contributed by atoms with Gasteiger partial charge in [0.1, 0.15) is 17.6 Å². The minimum Gasteiger partial charge on any atom is -0.492 e. The van der Waals surface area contributed by atoms with Crippen LogP contribution >= 0.6 is 0 Å². The van der Waals surface area contributed by atoms with E-state index in [9.17, 15) is 4.39 Å². The maximum absolute atomic E-state index is 12.7. The molecule has 2 nitrogen and oxygen atoms in total. The molecule has 0 heterocycles. The van der Waals surface area contributed by atoms with Crippen LogP contribution in [0.5, 0.6) is 5.75 Å². The highest BCUT2D eigenvalue weighted by atomic mass is 19.1. The summed E-state index contributed by atoms with van der Waals surface area (Å²) < 4.78 is 18.2. The predicted octanol–water partition coefficient (Wildman–Crippen LogP) is 2.49. The summed E-state index contributed by atoms with van der Waals surface area (Å²) in [6.07, 6.45) is 2.40. The number of nitriles is 1. The number of nitrogens with zero attached hydrogens (tertiary/aromatic N) is 1. The zero-order valence-corrected chi connectivity index (χ0v) is 7.66. The molecule has 0 spiro atoms. The van der Waals surface area contributed by atoms with Gasteiger partial charge in [0.15, 0.2) is 0 Å². The molecule has 1 aliphatic carbocycles.